The highest BCUT2D eigenvalue weighted by atomic mass is 35.5. The third-order valence-electron chi connectivity index (χ3n) is 4.04. The molecular formula is C17H18ClN. The molecule has 1 heterocycles. The fraction of sp³-hybridized carbons (Fsp3) is 0.294. The van der Waals surface area contributed by atoms with Crippen LogP contribution in [0.1, 0.15) is 33.9 Å². The van der Waals surface area contributed by atoms with Gasteiger partial charge in [0.05, 0.1) is 6.04 Å². The molecule has 1 unspecified atom stereocenters. The SMILES string of the molecule is Cc1ccc(C)c(C2Cc3ccc(Cl)c(C)c3N2)c1. The van der Waals surface area contributed by atoms with Crippen LogP contribution in [-0.2, 0) is 6.42 Å². The van der Waals surface area contributed by atoms with Gasteiger partial charge < -0.3 is 5.32 Å². The molecule has 0 saturated carbocycles. The number of hydrogen-bond donors (Lipinski definition) is 1. The van der Waals surface area contributed by atoms with Crippen molar-refractivity contribution in [1.29, 1.82) is 0 Å². The smallest absolute Gasteiger partial charge is 0.0557 e. The van der Waals surface area contributed by atoms with Crippen LogP contribution in [0.3, 0.4) is 0 Å². The van der Waals surface area contributed by atoms with Crippen molar-refractivity contribution in [2.45, 2.75) is 33.2 Å². The Balaban J connectivity index is 2.00. The summed E-state index contributed by atoms with van der Waals surface area (Å²) >= 11 is 6.20. The van der Waals surface area contributed by atoms with E-state index in [9.17, 15) is 0 Å². The summed E-state index contributed by atoms with van der Waals surface area (Å²) in [6.07, 6.45) is 1.04. The Bertz CT molecular complexity index is 646. The first-order chi connectivity index (χ1) is 9.06. The molecule has 2 aromatic rings. The molecule has 0 aliphatic carbocycles. The van der Waals surface area contributed by atoms with Gasteiger partial charge in [-0.2, -0.15) is 0 Å². The van der Waals surface area contributed by atoms with Crippen LogP contribution in [0.25, 0.3) is 0 Å². The summed E-state index contributed by atoms with van der Waals surface area (Å²) in [5.74, 6) is 0. The molecule has 3 rings (SSSR count). The van der Waals surface area contributed by atoms with Gasteiger partial charge >= 0.3 is 0 Å². The van der Waals surface area contributed by atoms with Gasteiger partial charge in [0.1, 0.15) is 0 Å². The first kappa shape index (κ1) is 12.6. The second-order valence-electron chi connectivity index (χ2n) is 5.47. The summed E-state index contributed by atoms with van der Waals surface area (Å²) in [5, 5.41) is 4.48. The molecule has 1 N–H and O–H groups in total. The van der Waals surface area contributed by atoms with E-state index in [4.69, 9.17) is 11.6 Å². The van der Waals surface area contributed by atoms with E-state index in [1.54, 1.807) is 0 Å². The molecule has 0 radical (unpaired) electrons. The van der Waals surface area contributed by atoms with Crippen molar-refractivity contribution >= 4 is 17.3 Å². The first-order valence-corrected chi connectivity index (χ1v) is 7.05. The Morgan fingerprint density at radius 3 is 2.68 bits per heavy atom. The lowest BCUT2D eigenvalue weighted by Crippen LogP contribution is -2.08. The van der Waals surface area contributed by atoms with Crippen LogP contribution >= 0.6 is 11.6 Å². The molecule has 0 amide bonds. The van der Waals surface area contributed by atoms with Crippen molar-refractivity contribution in [1.82, 2.24) is 0 Å². The van der Waals surface area contributed by atoms with Crippen LogP contribution < -0.4 is 5.32 Å². The molecule has 1 aliphatic rings. The number of fused-ring (bicyclic) bond motifs is 1. The maximum Gasteiger partial charge on any atom is 0.0557 e. The first-order valence-electron chi connectivity index (χ1n) is 6.68. The second-order valence-corrected chi connectivity index (χ2v) is 5.87. The zero-order valence-corrected chi connectivity index (χ0v) is 12.3. The van der Waals surface area contributed by atoms with Gasteiger partial charge in [0.2, 0.25) is 0 Å². The van der Waals surface area contributed by atoms with E-state index < -0.39 is 0 Å². The van der Waals surface area contributed by atoms with E-state index in [0.717, 1.165) is 17.0 Å². The number of hydrogen-bond acceptors (Lipinski definition) is 1. The Kier molecular flexibility index (Phi) is 3.02. The zero-order valence-electron chi connectivity index (χ0n) is 11.5. The predicted molar refractivity (Wildman–Crippen MR) is 82.2 cm³/mol. The molecular weight excluding hydrogens is 254 g/mol. The fourth-order valence-electron chi connectivity index (χ4n) is 2.88. The van der Waals surface area contributed by atoms with Crippen molar-refractivity contribution < 1.29 is 0 Å². The normalized spacial score (nSPS) is 17.2. The summed E-state index contributed by atoms with van der Waals surface area (Å²) in [7, 11) is 0. The average Bonchev–Trinajstić information content (AvgIpc) is 2.81. The fourth-order valence-corrected chi connectivity index (χ4v) is 3.04. The molecule has 0 saturated heterocycles. The van der Waals surface area contributed by atoms with Crippen LogP contribution in [0.2, 0.25) is 5.02 Å². The molecule has 0 bridgehead atoms. The number of aryl methyl sites for hydroxylation is 2. The largest absolute Gasteiger partial charge is 0.377 e. The van der Waals surface area contributed by atoms with E-state index in [-0.39, 0.29) is 0 Å². The highest BCUT2D eigenvalue weighted by Crippen LogP contribution is 2.39. The van der Waals surface area contributed by atoms with E-state index in [1.165, 1.54) is 27.9 Å². The number of anilines is 1. The minimum atomic E-state index is 0.368. The zero-order chi connectivity index (χ0) is 13.6. The van der Waals surface area contributed by atoms with E-state index >= 15 is 0 Å². The number of benzene rings is 2. The number of rotatable bonds is 1. The minimum absolute atomic E-state index is 0.368. The van der Waals surface area contributed by atoms with Crippen LogP contribution in [-0.4, -0.2) is 0 Å². The van der Waals surface area contributed by atoms with Gasteiger partial charge in [0.25, 0.3) is 0 Å². The summed E-state index contributed by atoms with van der Waals surface area (Å²) in [5.41, 5.74) is 7.80. The summed E-state index contributed by atoms with van der Waals surface area (Å²) in [6, 6.07) is 11.2. The maximum atomic E-state index is 6.20. The summed E-state index contributed by atoms with van der Waals surface area (Å²) < 4.78 is 0. The molecule has 0 fully saturated rings. The highest BCUT2D eigenvalue weighted by molar-refractivity contribution is 6.31. The molecule has 19 heavy (non-hydrogen) atoms. The van der Waals surface area contributed by atoms with Crippen molar-refractivity contribution in [3.63, 3.8) is 0 Å². The van der Waals surface area contributed by atoms with Gasteiger partial charge in [0, 0.05) is 10.7 Å². The Labute approximate surface area is 119 Å². The standard InChI is InChI=1S/C17H18ClN/c1-10-4-5-11(2)14(8-10)16-9-13-6-7-15(18)12(3)17(13)19-16/h4-8,16,19H,9H2,1-3H3. The molecule has 0 aromatic heterocycles. The highest BCUT2D eigenvalue weighted by Gasteiger charge is 2.25. The molecule has 2 aromatic carbocycles. The lowest BCUT2D eigenvalue weighted by Gasteiger charge is -2.16. The van der Waals surface area contributed by atoms with Crippen molar-refractivity contribution in [3.05, 3.63) is 63.2 Å². The Morgan fingerprint density at radius 1 is 1.11 bits per heavy atom. The Hall–Kier alpha value is -1.47. The topological polar surface area (TPSA) is 12.0 Å². The molecule has 1 nitrogen and oxygen atoms in total. The van der Waals surface area contributed by atoms with E-state index in [0.29, 0.717) is 6.04 Å². The van der Waals surface area contributed by atoms with Crippen LogP contribution in [0.5, 0.6) is 0 Å². The van der Waals surface area contributed by atoms with Crippen molar-refractivity contribution in [3.8, 4) is 0 Å². The minimum Gasteiger partial charge on any atom is -0.377 e. The van der Waals surface area contributed by atoms with Gasteiger partial charge in [-0.05, 0) is 55.5 Å². The van der Waals surface area contributed by atoms with Crippen molar-refractivity contribution in [2.24, 2.45) is 0 Å². The lowest BCUT2D eigenvalue weighted by molar-refractivity contribution is 0.814. The number of nitrogens with one attached hydrogen (secondary N) is 1. The molecule has 1 atom stereocenters. The second kappa shape index (κ2) is 4.57. The predicted octanol–water partition coefficient (Wildman–Crippen LogP) is 4.97. The van der Waals surface area contributed by atoms with E-state index in [1.807, 2.05) is 6.07 Å². The quantitative estimate of drug-likeness (QED) is 0.772. The van der Waals surface area contributed by atoms with Crippen molar-refractivity contribution in [2.75, 3.05) is 5.32 Å². The van der Waals surface area contributed by atoms with Gasteiger partial charge in [-0.1, -0.05) is 41.4 Å². The molecule has 1 aliphatic heterocycles. The summed E-state index contributed by atoms with van der Waals surface area (Å²) in [6.45, 7) is 6.41. The van der Waals surface area contributed by atoms with Crippen LogP contribution in [0, 0.1) is 20.8 Å². The van der Waals surface area contributed by atoms with Gasteiger partial charge in [-0.15, -0.1) is 0 Å². The summed E-state index contributed by atoms with van der Waals surface area (Å²) in [4.78, 5) is 0. The van der Waals surface area contributed by atoms with Gasteiger partial charge in [-0.25, -0.2) is 0 Å². The molecule has 0 spiro atoms. The maximum absolute atomic E-state index is 6.20. The third-order valence-corrected chi connectivity index (χ3v) is 4.45. The van der Waals surface area contributed by atoms with E-state index in [2.05, 4.69) is 50.4 Å². The molecule has 98 valence electrons. The van der Waals surface area contributed by atoms with Gasteiger partial charge in [-0.3, -0.25) is 0 Å². The average molecular weight is 272 g/mol. The third kappa shape index (κ3) is 2.12. The van der Waals surface area contributed by atoms with Gasteiger partial charge in [0.15, 0.2) is 0 Å². The van der Waals surface area contributed by atoms with Crippen LogP contribution in [0.4, 0.5) is 5.69 Å². The molecule has 2 heteroatoms. The lowest BCUT2D eigenvalue weighted by atomic mass is 9.96. The number of halogens is 1. The monoisotopic (exact) mass is 271 g/mol. The Morgan fingerprint density at radius 2 is 1.89 bits per heavy atom. The van der Waals surface area contributed by atoms with Crippen LogP contribution in [0.15, 0.2) is 30.3 Å².